The third kappa shape index (κ3) is 2.99. The maximum Gasteiger partial charge on any atom is 0.346 e. The fourth-order valence-electron chi connectivity index (χ4n) is 0.944. The van der Waals surface area contributed by atoms with Gasteiger partial charge in [-0.3, -0.25) is 0 Å². The first-order chi connectivity index (χ1) is 7.16. The van der Waals surface area contributed by atoms with E-state index in [0.29, 0.717) is 6.61 Å². The number of ether oxygens (including phenoxy) is 2. The smallest absolute Gasteiger partial charge is 0.346 e. The zero-order valence-electron chi connectivity index (χ0n) is 8.13. The molecule has 0 aliphatic rings. The third-order valence-electron chi connectivity index (χ3n) is 1.64. The van der Waals surface area contributed by atoms with Crippen molar-refractivity contribution in [3.63, 3.8) is 0 Å². The summed E-state index contributed by atoms with van der Waals surface area (Å²) >= 11 is 0. The summed E-state index contributed by atoms with van der Waals surface area (Å²) in [4.78, 5) is 11.2. The Morgan fingerprint density at radius 2 is 1.93 bits per heavy atom. The molecule has 0 aliphatic heterocycles. The fourth-order valence-corrected chi connectivity index (χ4v) is 0.944. The Kier molecular flexibility index (Phi) is 4.17. The average Bonchev–Trinajstić information content (AvgIpc) is 2.18. The van der Waals surface area contributed by atoms with E-state index in [4.69, 9.17) is 4.74 Å². The molecule has 0 fully saturated rings. The van der Waals surface area contributed by atoms with Crippen LogP contribution in [0.1, 0.15) is 17.3 Å². The van der Waals surface area contributed by atoms with Crippen LogP contribution in [0.25, 0.3) is 0 Å². The monoisotopic (exact) mass is 216 g/mol. The molecule has 82 valence electrons. The van der Waals surface area contributed by atoms with Gasteiger partial charge in [0, 0.05) is 6.61 Å². The highest BCUT2D eigenvalue weighted by Gasteiger charge is 2.18. The normalized spacial score (nSPS) is 10.1. The van der Waals surface area contributed by atoms with Crippen molar-refractivity contribution < 1.29 is 23.0 Å². The second-order valence-electron chi connectivity index (χ2n) is 2.64. The molecular weight excluding hydrogens is 206 g/mol. The first-order valence-corrected chi connectivity index (χ1v) is 4.35. The Bertz CT molecular complexity index is 332. The van der Waals surface area contributed by atoms with E-state index < -0.39 is 23.2 Å². The van der Waals surface area contributed by atoms with E-state index in [0.717, 1.165) is 12.1 Å². The Hall–Kier alpha value is -1.49. The summed E-state index contributed by atoms with van der Waals surface area (Å²) in [6.07, 6.45) is 0. The zero-order valence-corrected chi connectivity index (χ0v) is 8.13. The van der Waals surface area contributed by atoms with Crippen LogP contribution in [0.2, 0.25) is 0 Å². The molecule has 3 nitrogen and oxygen atoms in total. The Labute approximate surface area is 85.6 Å². The second-order valence-corrected chi connectivity index (χ2v) is 2.64. The van der Waals surface area contributed by atoms with E-state index in [1.807, 2.05) is 0 Å². The minimum atomic E-state index is -1.07. The van der Waals surface area contributed by atoms with Crippen LogP contribution in [0, 0.1) is 11.6 Å². The first-order valence-electron chi connectivity index (χ1n) is 4.35. The van der Waals surface area contributed by atoms with Crippen molar-refractivity contribution in [2.45, 2.75) is 6.92 Å². The number of benzene rings is 1. The topological polar surface area (TPSA) is 35.5 Å². The molecule has 1 rings (SSSR count). The minimum absolute atomic E-state index is 0.316. The minimum Gasteiger partial charge on any atom is -0.435 e. The summed E-state index contributed by atoms with van der Waals surface area (Å²) in [7, 11) is 0. The van der Waals surface area contributed by atoms with Crippen LogP contribution in [0.5, 0.6) is 0 Å². The lowest BCUT2D eigenvalue weighted by Crippen LogP contribution is -2.12. The van der Waals surface area contributed by atoms with Crippen molar-refractivity contribution >= 4 is 5.97 Å². The highest BCUT2D eigenvalue weighted by molar-refractivity contribution is 5.89. The Morgan fingerprint density at radius 1 is 1.33 bits per heavy atom. The lowest BCUT2D eigenvalue weighted by molar-refractivity contribution is -0.0280. The van der Waals surface area contributed by atoms with Crippen molar-refractivity contribution in [1.29, 1.82) is 0 Å². The fraction of sp³-hybridized carbons (Fsp3) is 0.300. The van der Waals surface area contributed by atoms with Crippen LogP contribution in [-0.4, -0.2) is 19.4 Å². The SMILES string of the molecule is CCOCOC(=O)c1c(F)cccc1F. The van der Waals surface area contributed by atoms with Gasteiger partial charge in [-0.25, -0.2) is 13.6 Å². The van der Waals surface area contributed by atoms with Gasteiger partial charge in [-0.05, 0) is 19.1 Å². The third-order valence-corrected chi connectivity index (χ3v) is 1.64. The van der Waals surface area contributed by atoms with Crippen molar-refractivity contribution in [3.05, 3.63) is 35.4 Å². The number of hydrogen-bond donors (Lipinski definition) is 0. The van der Waals surface area contributed by atoms with Crippen molar-refractivity contribution in [2.75, 3.05) is 13.4 Å². The van der Waals surface area contributed by atoms with Crippen LogP contribution in [0.3, 0.4) is 0 Å². The van der Waals surface area contributed by atoms with Gasteiger partial charge in [0.1, 0.15) is 17.2 Å². The number of carbonyl (C=O) groups excluding carboxylic acids is 1. The maximum atomic E-state index is 13.0. The van der Waals surface area contributed by atoms with E-state index in [1.165, 1.54) is 6.07 Å². The molecule has 0 heterocycles. The molecule has 0 atom stereocenters. The van der Waals surface area contributed by atoms with Crippen LogP contribution in [0.4, 0.5) is 8.78 Å². The molecule has 0 aromatic heterocycles. The van der Waals surface area contributed by atoms with Crippen molar-refractivity contribution in [2.24, 2.45) is 0 Å². The van der Waals surface area contributed by atoms with E-state index in [2.05, 4.69) is 4.74 Å². The Morgan fingerprint density at radius 3 is 2.47 bits per heavy atom. The van der Waals surface area contributed by atoms with E-state index in [1.54, 1.807) is 6.92 Å². The second kappa shape index (κ2) is 5.41. The summed E-state index contributed by atoms with van der Waals surface area (Å²) in [5.74, 6) is -2.97. The molecular formula is C10H10F2O3. The molecule has 1 aromatic carbocycles. The van der Waals surface area contributed by atoms with Gasteiger partial charge in [-0.15, -0.1) is 0 Å². The van der Waals surface area contributed by atoms with Gasteiger partial charge < -0.3 is 9.47 Å². The van der Waals surface area contributed by atoms with E-state index in [-0.39, 0.29) is 6.79 Å². The predicted octanol–water partition coefficient (Wildman–Crippen LogP) is 2.12. The standard InChI is InChI=1S/C10H10F2O3/c1-2-14-6-15-10(13)9-7(11)4-3-5-8(9)12/h3-5H,2,6H2,1H3. The zero-order chi connectivity index (χ0) is 11.3. The largest absolute Gasteiger partial charge is 0.435 e. The average molecular weight is 216 g/mol. The highest BCUT2D eigenvalue weighted by Crippen LogP contribution is 2.13. The number of rotatable bonds is 4. The van der Waals surface area contributed by atoms with Gasteiger partial charge in [0.15, 0.2) is 6.79 Å². The molecule has 0 spiro atoms. The lowest BCUT2D eigenvalue weighted by Gasteiger charge is -2.05. The molecule has 0 radical (unpaired) electrons. The molecule has 0 unspecified atom stereocenters. The molecule has 0 bridgehead atoms. The molecule has 0 saturated heterocycles. The van der Waals surface area contributed by atoms with Crippen LogP contribution >= 0.6 is 0 Å². The molecule has 0 saturated carbocycles. The Balaban J connectivity index is 2.73. The summed E-state index contributed by atoms with van der Waals surface area (Å²) in [6, 6.07) is 3.14. The van der Waals surface area contributed by atoms with E-state index in [9.17, 15) is 13.6 Å². The van der Waals surface area contributed by atoms with Crippen LogP contribution in [0.15, 0.2) is 18.2 Å². The molecule has 0 N–H and O–H groups in total. The van der Waals surface area contributed by atoms with Crippen molar-refractivity contribution in [1.82, 2.24) is 0 Å². The van der Waals surface area contributed by atoms with Crippen LogP contribution in [-0.2, 0) is 9.47 Å². The van der Waals surface area contributed by atoms with Gasteiger partial charge in [-0.1, -0.05) is 6.07 Å². The van der Waals surface area contributed by atoms with E-state index >= 15 is 0 Å². The summed E-state index contributed by atoms with van der Waals surface area (Å²) < 4.78 is 35.3. The summed E-state index contributed by atoms with van der Waals surface area (Å²) in [6.45, 7) is 1.74. The number of carbonyl (C=O) groups is 1. The maximum absolute atomic E-state index is 13.0. The molecule has 1 aromatic rings. The predicted molar refractivity (Wildman–Crippen MR) is 48.3 cm³/mol. The number of esters is 1. The summed E-state index contributed by atoms with van der Waals surface area (Å²) in [5, 5.41) is 0. The lowest BCUT2D eigenvalue weighted by atomic mass is 10.2. The number of halogens is 2. The van der Waals surface area contributed by atoms with Crippen LogP contribution < -0.4 is 0 Å². The summed E-state index contributed by atoms with van der Waals surface area (Å²) in [5.41, 5.74) is -0.697. The van der Waals surface area contributed by atoms with Gasteiger partial charge in [0.25, 0.3) is 0 Å². The molecule has 15 heavy (non-hydrogen) atoms. The molecule has 0 amide bonds. The molecule has 0 aliphatic carbocycles. The first kappa shape index (κ1) is 11.6. The van der Waals surface area contributed by atoms with Gasteiger partial charge >= 0.3 is 5.97 Å². The van der Waals surface area contributed by atoms with Gasteiger partial charge in [0.2, 0.25) is 0 Å². The van der Waals surface area contributed by atoms with Crippen molar-refractivity contribution in [3.8, 4) is 0 Å². The van der Waals surface area contributed by atoms with Gasteiger partial charge in [-0.2, -0.15) is 0 Å². The molecule has 5 heteroatoms. The highest BCUT2D eigenvalue weighted by atomic mass is 19.1. The quantitative estimate of drug-likeness (QED) is 0.439. The van der Waals surface area contributed by atoms with Gasteiger partial charge in [0.05, 0.1) is 0 Å². The number of hydrogen-bond acceptors (Lipinski definition) is 3.